The second kappa shape index (κ2) is 11.4. The highest BCUT2D eigenvalue weighted by atomic mass is 16.5. The molecule has 4 N–H and O–H groups in total. The van der Waals surface area contributed by atoms with Crippen molar-refractivity contribution in [3.63, 3.8) is 0 Å². The molecule has 186 valence electrons. The van der Waals surface area contributed by atoms with Crippen LogP contribution in [0.15, 0.2) is 48.5 Å². The average Bonchev–Trinajstić information content (AvgIpc) is 3.49. The summed E-state index contributed by atoms with van der Waals surface area (Å²) in [6.07, 6.45) is 1.92. The van der Waals surface area contributed by atoms with Crippen LogP contribution < -0.4 is 10.6 Å². The molecule has 2 amide bonds. The number of alkyl carbamates (subject to hydrolysis) is 1. The number of carbonyl (C=O) groups is 3. The number of ether oxygens (including phenoxy) is 1. The van der Waals surface area contributed by atoms with Gasteiger partial charge in [0, 0.05) is 31.3 Å². The standard InChI is InChI=1S/C27H32N2O6/c30-24(26(32)33)13-14-28-25(31)15-23(17-7-1-2-8-17)29-27(34)35-16-22-20-11-5-3-9-18(20)19-10-4-6-12-21(19)22/h3-6,9-12,17,22-24,30H,1-2,7-8,13-16H2,(H,28,31)(H,29,34)(H,32,33). The lowest BCUT2D eigenvalue weighted by molar-refractivity contribution is -0.147. The Bertz CT molecular complexity index is 1020. The molecular formula is C27H32N2O6. The molecule has 8 heteroatoms. The first kappa shape index (κ1) is 24.7. The van der Waals surface area contributed by atoms with E-state index in [-0.39, 0.29) is 49.8 Å². The van der Waals surface area contributed by atoms with Crippen molar-refractivity contribution in [3.05, 3.63) is 59.7 Å². The van der Waals surface area contributed by atoms with Gasteiger partial charge in [0.05, 0.1) is 0 Å². The van der Waals surface area contributed by atoms with Gasteiger partial charge in [0.1, 0.15) is 6.61 Å². The molecule has 2 aliphatic rings. The van der Waals surface area contributed by atoms with Gasteiger partial charge in [-0.25, -0.2) is 9.59 Å². The molecule has 0 radical (unpaired) electrons. The predicted octanol–water partition coefficient (Wildman–Crippen LogP) is 3.43. The molecule has 0 aromatic heterocycles. The third-order valence-electron chi connectivity index (χ3n) is 7.05. The highest BCUT2D eigenvalue weighted by Crippen LogP contribution is 2.44. The van der Waals surface area contributed by atoms with Crippen LogP contribution in [0.25, 0.3) is 11.1 Å². The lowest BCUT2D eigenvalue weighted by atomic mass is 9.95. The van der Waals surface area contributed by atoms with Crippen LogP contribution in [0.1, 0.15) is 55.6 Å². The van der Waals surface area contributed by atoms with Gasteiger partial charge in [-0.05, 0) is 41.0 Å². The number of aliphatic hydroxyl groups excluding tert-OH is 1. The number of carboxylic acid groups (broad SMARTS) is 1. The lowest BCUT2D eigenvalue weighted by Gasteiger charge is -2.24. The second-order valence-corrected chi connectivity index (χ2v) is 9.32. The number of carboxylic acids is 1. The highest BCUT2D eigenvalue weighted by Gasteiger charge is 2.31. The normalized spacial score (nSPS) is 16.7. The Morgan fingerprint density at radius 3 is 2.17 bits per heavy atom. The summed E-state index contributed by atoms with van der Waals surface area (Å²) in [4.78, 5) is 36.0. The molecule has 2 aliphatic carbocycles. The molecule has 0 aliphatic heterocycles. The molecule has 1 fully saturated rings. The second-order valence-electron chi connectivity index (χ2n) is 9.32. The Morgan fingerprint density at radius 1 is 0.971 bits per heavy atom. The zero-order valence-corrected chi connectivity index (χ0v) is 19.6. The van der Waals surface area contributed by atoms with Gasteiger partial charge < -0.3 is 25.6 Å². The number of rotatable bonds is 10. The molecule has 2 atom stereocenters. The first-order valence-electron chi connectivity index (χ1n) is 12.2. The zero-order valence-electron chi connectivity index (χ0n) is 19.6. The summed E-state index contributed by atoms with van der Waals surface area (Å²) in [5, 5.41) is 23.7. The summed E-state index contributed by atoms with van der Waals surface area (Å²) >= 11 is 0. The Hall–Kier alpha value is -3.39. The van der Waals surface area contributed by atoms with E-state index in [4.69, 9.17) is 9.84 Å². The van der Waals surface area contributed by atoms with Crippen molar-refractivity contribution >= 4 is 18.0 Å². The number of aliphatic carboxylic acids is 1. The molecule has 35 heavy (non-hydrogen) atoms. The number of benzene rings is 2. The zero-order chi connectivity index (χ0) is 24.8. The molecule has 2 aromatic carbocycles. The van der Waals surface area contributed by atoms with Crippen molar-refractivity contribution in [2.24, 2.45) is 5.92 Å². The van der Waals surface area contributed by atoms with E-state index in [0.29, 0.717) is 0 Å². The van der Waals surface area contributed by atoms with Crippen molar-refractivity contribution in [2.45, 2.75) is 56.6 Å². The number of aliphatic hydroxyl groups is 1. The quantitative estimate of drug-likeness (QED) is 0.413. The fourth-order valence-electron chi connectivity index (χ4n) is 5.23. The van der Waals surface area contributed by atoms with E-state index < -0.39 is 18.2 Å². The van der Waals surface area contributed by atoms with Gasteiger partial charge in [-0.1, -0.05) is 61.4 Å². The Labute approximate surface area is 204 Å². The number of amides is 2. The van der Waals surface area contributed by atoms with E-state index >= 15 is 0 Å². The number of fused-ring (bicyclic) bond motifs is 3. The third-order valence-corrected chi connectivity index (χ3v) is 7.05. The highest BCUT2D eigenvalue weighted by molar-refractivity contribution is 5.80. The van der Waals surface area contributed by atoms with Crippen molar-refractivity contribution in [2.75, 3.05) is 13.2 Å². The number of nitrogens with one attached hydrogen (secondary N) is 2. The van der Waals surface area contributed by atoms with Gasteiger partial charge in [-0.15, -0.1) is 0 Å². The third kappa shape index (κ3) is 6.00. The van der Waals surface area contributed by atoms with Crippen LogP contribution in [0.5, 0.6) is 0 Å². The molecule has 0 spiro atoms. The van der Waals surface area contributed by atoms with E-state index in [1.54, 1.807) is 0 Å². The summed E-state index contributed by atoms with van der Waals surface area (Å²) < 4.78 is 5.67. The predicted molar refractivity (Wildman–Crippen MR) is 130 cm³/mol. The van der Waals surface area contributed by atoms with Gasteiger partial charge in [0.2, 0.25) is 5.91 Å². The minimum absolute atomic E-state index is 0.0398. The average molecular weight is 481 g/mol. The molecule has 8 nitrogen and oxygen atoms in total. The van der Waals surface area contributed by atoms with Crippen LogP contribution in [-0.2, 0) is 14.3 Å². The van der Waals surface area contributed by atoms with Crippen molar-refractivity contribution in [1.82, 2.24) is 10.6 Å². The summed E-state index contributed by atoms with van der Waals surface area (Å²) in [5.74, 6) is -1.47. The van der Waals surface area contributed by atoms with Crippen molar-refractivity contribution in [1.29, 1.82) is 0 Å². The SMILES string of the molecule is O=C(CC(NC(=O)OCC1c2ccccc2-c2ccccc21)C1CCCC1)NCCC(O)C(=O)O. The first-order valence-corrected chi connectivity index (χ1v) is 12.2. The van der Waals surface area contributed by atoms with E-state index in [9.17, 15) is 19.5 Å². The van der Waals surface area contributed by atoms with Gasteiger partial charge in [-0.3, -0.25) is 4.79 Å². The summed E-state index contributed by atoms with van der Waals surface area (Å²) in [5.41, 5.74) is 4.59. The minimum atomic E-state index is -1.51. The number of hydrogen-bond donors (Lipinski definition) is 4. The Balaban J connectivity index is 1.34. The van der Waals surface area contributed by atoms with E-state index in [2.05, 4.69) is 34.9 Å². The summed E-state index contributed by atoms with van der Waals surface area (Å²) in [7, 11) is 0. The van der Waals surface area contributed by atoms with Crippen LogP contribution in [0, 0.1) is 5.92 Å². The summed E-state index contributed by atoms with van der Waals surface area (Å²) in [6.45, 7) is 0.255. The van der Waals surface area contributed by atoms with E-state index in [0.717, 1.165) is 47.9 Å². The van der Waals surface area contributed by atoms with Crippen LogP contribution in [0.3, 0.4) is 0 Å². The molecular weight excluding hydrogens is 448 g/mol. The minimum Gasteiger partial charge on any atom is -0.479 e. The topological polar surface area (TPSA) is 125 Å². The molecule has 2 aromatic rings. The Kier molecular flexibility index (Phi) is 8.02. The maximum absolute atomic E-state index is 12.8. The summed E-state index contributed by atoms with van der Waals surface area (Å²) in [6, 6.07) is 15.9. The van der Waals surface area contributed by atoms with Gasteiger partial charge >= 0.3 is 12.1 Å². The molecule has 2 unspecified atom stereocenters. The smallest absolute Gasteiger partial charge is 0.407 e. The van der Waals surface area contributed by atoms with E-state index in [1.165, 1.54) is 0 Å². The molecule has 4 rings (SSSR count). The lowest BCUT2D eigenvalue weighted by Crippen LogP contribution is -2.44. The van der Waals surface area contributed by atoms with Crippen LogP contribution >= 0.6 is 0 Å². The molecule has 0 saturated heterocycles. The number of carbonyl (C=O) groups excluding carboxylic acids is 2. The fourth-order valence-corrected chi connectivity index (χ4v) is 5.23. The van der Waals surface area contributed by atoms with Crippen molar-refractivity contribution in [3.8, 4) is 11.1 Å². The maximum Gasteiger partial charge on any atom is 0.407 e. The van der Waals surface area contributed by atoms with Crippen LogP contribution in [-0.4, -0.2) is 53.5 Å². The van der Waals surface area contributed by atoms with Crippen molar-refractivity contribution < 1.29 is 29.3 Å². The fraction of sp³-hybridized carbons (Fsp3) is 0.444. The maximum atomic E-state index is 12.8. The first-order chi connectivity index (χ1) is 16.9. The molecule has 0 bridgehead atoms. The largest absolute Gasteiger partial charge is 0.479 e. The van der Waals surface area contributed by atoms with E-state index in [1.807, 2.05) is 24.3 Å². The number of hydrogen-bond acceptors (Lipinski definition) is 5. The van der Waals surface area contributed by atoms with Crippen LogP contribution in [0.2, 0.25) is 0 Å². The molecule has 0 heterocycles. The van der Waals surface area contributed by atoms with Gasteiger partial charge in [0.15, 0.2) is 6.10 Å². The van der Waals surface area contributed by atoms with Gasteiger partial charge in [0.25, 0.3) is 0 Å². The van der Waals surface area contributed by atoms with Gasteiger partial charge in [-0.2, -0.15) is 0 Å². The Morgan fingerprint density at radius 2 is 1.57 bits per heavy atom. The molecule has 1 saturated carbocycles. The monoisotopic (exact) mass is 480 g/mol. The van der Waals surface area contributed by atoms with Crippen LogP contribution in [0.4, 0.5) is 4.79 Å².